The second-order valence-corrected chi connectivity index (χ2v) is 9.64. The minimum absolute atomic E-state index is 0.748. The molecule has 0 rings (SSSR count). The van der Waals surface area contributed by atoms with Crippen molar-refractivity contribution in [3.63, 3.8) is 0 Å². The van der Waals surface area contributed by atoms with Crippen LogP contribution in [0.3, 0.4) is 0 Å². The molecule has 0 nitrogen and oxygen atoms in total. The SMILES string of the molecule is CC[Si](C)(CC)CCCBr. The van der Waals surface area contributed by atoms with Crippen molar-refractivity contribution in [1.82, 2.24) is 0 Å². The van der Waals surface area contributed by atoms with Gasteiger partial charge in [0.15, 0.2) is 0 Å². The summed E-state index contributed by atoms with van der Waals surface area (Å²) in [5, 5.41) is 1.19. The number of halogens is 1. The van der Waals surface area contributed by atoms with Crippen LogP contribution < -0.4 is 0 Å². The van der Waals surface area contributed by atoms with Gasteiger partial charge in [0.2, 0.25) is 0 Å². The first-order valence-electron chi connectivity index (χ1n) is 4.24. The third-order valence-electron chi connectivity index (χ3n) is 2.62. The highest BCUT2D eigenvalue weighted by Crippen LogP contribution is 2.21. The largest absolute Gasteiger partial charge is 0.0928 e. The van der Waals surface area contributed by atoms with Crippen LogP contribution in [0.5, 0.6) is 0 Å². The lowest BCUT2D eigenvalue weighted by atomic mass is 10.6. The Bertz CT molecular complexity index is 79.3. The molecule has 0 saturated heterocycles. The minimum Gasteiger partial charge on any atom is -0.0928 e. The maximum atomic E-state index is 3.48. The predicted octanol–water partition coefficient (Wildman–Crippen LogP) is 3.89. The predicted molar refractivity (Wildman–Crippen MR) is 55.8 cm³/mol. The molecule has 0 aromatic carbocycles. The lowest BCUT2D eigenvalue weighted by Crippen LogP contribution is -2.27. The Balaban J connectivity index is 3.58. The average Bonchev–Trinajstić information content (AvgIpc) is 2.00. The monoisotopic (exact) mass is 222 g/mol. The van der Waals surface area contributed by atoms with Gasteiger partial charge in [-0.3, -0.25) is 0 Å². The van der Waals surface area contributed by atoms with Crippen LogP contribution in [0.15, 0.2) is 0 Å². The average molecular weight is 223 g/mol. The van der Waals surface area contributed by atoms with Gasteiger partial charge in [-0.05, 0) is 6.42 Å². The van der Waals surface area contributed by atoms with Gasteiger partial charge in [-0.2, -0.15) is 0 Å². The topological polar surface area (TPSA) is 0 Å². The van der Waals surface area contributed by atoms with Gasteiger partial charge in [0.1, 0.15) is 0 Å². The van der Waals surface area contributed by atoms with Crippen molar-refractivity contribution in [3.8, 4) is 0 Å². The van der Waals surface area contributed by atoms with E-state index in [0.717, 1.165) is 0 Å². The molecule has 10 heavy (non-hydrogen) atoms. The maximum Gasteiger partial charge on any atom is 0.0499 e. The molecule has 62 valence electrons. The summed E-state index contributed by atoms with van der Waals surface area (Å²) < 4.78 is 0. The third kappa shape index (κ3) is 3.77. The fourth-order valence-electron chi connectivity index (χ4n) is 1.10. The summed E-state index contributed by atoms with van der Waals surface area (Å²) in [7, 11) is -0.748. The molecule has 0 aliphatic rings. The van der Waals surface area contributed by atoms with Gasteiger partial charge < -0.3 is 0 Å². The van der Waals surface area contributed by atoms with Crippen molar-refractivity contribution in [2.75, 3.05) is 5.33 Å². The van der Waals surface area contributed by atoms with E-state index < -0.39 is 8.07 Å². The van der Waals surface area contributed by atoms with Gasteiger partial charge >= 0.3 is 0 Å². The summed E-state index contributed by atoms with van der Waals surface area (Å²) in [5.74, 6) is 0. The number of hydrogen-bond acceptors (Lipinski definition) is 0. The standard InChI is InChI=1S/C8H19BrSi/c1-4-10(3,5-2)8-6-7-9/h4-8H2,1-3H3. The van der Waals surface area contributed by atoms with Crippen LogP contribution in [-0.2, 0) is 0 Å². The van der Waals surface area contributed by atoms with Crippen LogP contribution in [0.1, 0.15) is 20.3 Å². The Morgan fingerprint density at radius 1 is 1.20 bits per heavy atom. The van der Waals surface area contributed by atoms with Crippen LogP contribution in [0.4, 0.5) is 0 Å². The fraction of sp³-hybridized carbons (Fsp3) is 1.00. The van der Waals surface area contributed by atoms with Crippen LogP contribution in [0.2, 0.25) is 24.7 Å². The first-order valence-corrected chi connectivity index (χ1v) is 8.48. The van der Waals surface area contributed by atoms with Crippen LogP contribution >= 0.6 is 15.9 Å². The highest BCUT2D eigenvalue weighted by atomic mass is 79.9. The maximum absolute atomic E-state index is 3.48. The summed E-state index contributed by atoms with van der Waals surface area (Å²) in [5.41, 5.74) is 0. The summed E-state index contributed by atoms with van der Waals surface area (Å²) in [6, 6.07) is 4.41. The quantitative estimate of drug-likeness (QED) is 0.490. The van der Waals surface area contributed by atoms with Crippen molar-refractivity contribution in [3.05, 3.63) is 0 Å². The van der Waals surface area contributed by atoms with Crippen molar-refractivity contribution in [2.24, 2.45) is 0 Å². The van der Waals surface area contributed by atoms with E-state index in [1.807, 2.05) is 0 Å². The van der Waals surface area contributed by atoms with Crippen molar-refractivity contribution < 1.29 is 0 Å². The summed E-state index contributed by atoms with van der Waals surface area (Å²) in [6.45, 7) is 7.23. The molecule has 0 radical (unpaired) electrons. The minimum atomic E-state index is -0.748. The second-order valence-electron chi connectivity index (χ2n) is 3.31. The van der Waals surface area contributed by atoms with Crippen LogP contribution in [-0.4, -0.2) is 13.4 Å². The molecule has 0 heterocycles. The van der Waals surface area contributed by atoms with E-state index in [-0.39, 0.29) is 0 Å². The van der Waals surface area contributed by atoms with Gasteiger partial charge in [-0.25, -0.2) is 0 Å². The molecule has 0 aliphatic heterocycles. The van der Waals surface area contributed by atoms with Gasteiger partial charge in [0.05, 0.1) is 0 Å². The molecular weight excluding hydrogens is 204 g/mol. The van der Waals surface area contributed by atoms with E-state index in [4.69, 9.17) is 0 Å². The van der Waals surface area contributed by atoms with Gasteiger partial charge in [0, 0.05) is 13.4 Å². The fourth-order valence-corrected chi connectivity index (χ4v) is 4.13. The Hall–Kier alpha value is 0.697. The summed E-state index contributed by atoms with van der Waals surface area (Å²) in [6.07, 6.45) is 1.38. The molecular formula is C8H19BrSi. The summed E-state index contributed by atoms with van der Waals surface area (Å²) >= 11 is 3.48. The van der Waals surface area contributed by atoms with E-state index in [2.05, 4.69) is 36.3 Å². The van der Waals surface area contributed by atoms with Crippen molar-refractivity contribution >= 4 is 24.0 Å². The third-order valence-corrected chi connectivity index (χ3v) is 8.16. The molecule has 0 fully saturated rings. The molecule has 0 aromatic heterocycles. The van der Waals surface area contributed by atoms with E-state index in [1.54, 1.807) is 0 Å². The van der Waals surface area contributed by atoms with Gasteiger partial charge in [-0.15, -0.1) is 0 Å². The number of hydrogen-bond donors (Lipinski definition) is 0. The Morgan fingerprint density at radius 3 is 2.00 bits per heavy atom. The highest BCUT2D eigenvalue weighted by molar-refractivity contribution is 9.09. The van der Waals surface area contributed by atoms with Gasteiger partial charge in [0.25, 0.3) is 0 Å². The van der Waals surface area contributed by atoms with E-state index in [0.29, 0.717) is 0 Å². The summed E-state index contributed by atoms with van der Waals surface area (Å²) in [4.78, 5) is 0. The van der Waals surface area contributed by atoms with Crippen molar-refractivity contribution in [1.29, 1.82) is 0 Å². The van der Waals surface area contributed by atoms with Crippen LogP contribution in [0.25, 0.3) is 0 Å². The van der Waals surface area contributed by atoms with Gasteiger partial charge in [-0.1, -0.05) is 54.5 Å². The normalized spacial score (nSPS) is 12.0. The Morgan fingerprint density at radius 2 is 1.70 bits per heavy atom. The molecule has 0 amide bonds. The molecule has 2 heteroatoms. The zero-order valence-electron chi connectivity index (χ0n) is 7.41. The molecule has 0 aromatic rings. The zero-order chi connectivity index (χ0) is 8.04. The molecule has 0 bridgehead atoms. The molecule has 0 saturated carbocycles. The second kappa shape index (κ2) is 5.36. The Labute approximate surface area is 74.5 Å². The smallest absolute Gasteiger partial charge is 0.0499 e. The Kier molecular flexibility index (Phi) is 5.73. The lowest BCUT2D eigenvalue weighted by molar-refractivity contribution is 1.03. The first kappa shape index (κ1) is 10.7. The lowest BCUT2D eigenvalue weighted by Gasteiger charge is -2.23. The van der Waals surface area contributed by atoms with Crippen molar-refractivity contribution in [2.45, 2.75) is 44.9 Å². The molecule has 0 N–H and O–H groups in total. The highest BCUT2D eigenvalue weighted by Gasteiger charge is 2.20. The number of alkyl halides is 1. The molecule has 0 spiro atoms. The van der Waals surface area contributed by atoms with Crippen LogP contribution in [0, 0.1) is 0 Å². The van der Waals surface area contributed by atoms with E-state index >= 15 is 0 Å². The van der Waals surface area contributed by atoms with E-state index in [1.165, 1.54) is 29.9 Å². The number of rotatable bonds is 5. The van der Waals surface area contributed by atoms with E-state index in [9.17, 15) is 0 Å². The molecule has 0 unspecified atom stereocenters. The first-order chi connectivity index (χ1) is 4.68. The zero-order valence-corrected chi connectivity index (χ0v) is 10.00. The molecule has 0 aliphatic carbocycles. The molecule has 0 atom stereocenters.